The maximum absolute atomic E-state index is 7.36. The highest BCUT2D eigenvalue weighted by atomic mass is 16.3. The molecule has 0 saturated carbocycles. The summed E-state index contributed by atoms with van der Waals surface area (Å²) in [6.07, 6.45) is 0. The van der Waals surface area contributed by atoms with Crippen LogP contribution in [0, 0.1) is 0 Å². The van der Waals surface area contributed by atoms with Crippen LogP contribution in [-0.2, 0) is 0 Å². The first-order valence-electron chi connectivity index (χ1n) is 23.7. The molecule has 0 atom stereocenters. The van der Waals surface area contributed by atoms with E-state index in [1.54, 1.807) is 0 Å². The van der Waals surface area contributed by atoms with E-state index in [-0.39, 0.29) is 0 Å². The molecule has 0 amide bonds. The minimum atomic E-state index is 0.639. The van der Waals surface area contributed by atoms with Gasteiger partial charge in [0.2, 0.25) is 0 Å². The highest BCUT2D eigenvalue weighted by Gasteiger charge is 2.27. The summed E-state index contributed by atoms with van der Waals surface area (Å²) in [7, 11) is 0. The van der Waals surface area contributed by atoms with Gasteiger partial charge in [0.1, 0.15) is 28.0 Å². The van der Waals surface area contributed by atoms with Crippen molar-refractivity contribution in [1.82, 2.24) is 19.1 Å². The van der Waals surface area contributed by atoms with Crippen molar-refractivity contribution in [2.75, 3.05) is 0 Å². The molecule has 5 heterocycles. The molecule has 6 heteroatoms. The summed E-state index contributed by atoms with van der Waals surface area (Å²) in [6.45, 7) is 0. The molecule has 10 aromatic carbocycles. The second-order valence-corrected chi connectivity index (χ2v) is 18.0. The van der Waals surface area contributed by atoms with Gasteiger partial charge in [-0.1, -0.05) is 158 Å². The molecule has 0 spiro atoms. The topological polar surface area (TPSA) is 61.9 Å². The van der Waals surface area contributed by atoms with Crippen LogP contribution in [0.1, 0.15) is 0 Å². The Labute approximate surface area is 400 Å². The molecule has 0 fully saturated rings. The Morgan fingerprint density at radius 1 is 0.329 bits per heavy atom. The molecule has 326 valence electrons. The van der Waals surface area contributed by atoms with E-state index in [2.05, 4.69) is 203 Å². The zero-order valence-electron chi connectivity index (χ0n) is 37.5. The highest BCUT2D eigenvalue weighted by Crippen LogP contribution is 2.48. The third kappa shape index (κ3) is 5.62. The second-order valence-electron chi connectivity index (χ2n) is 18.0. The number of para-hydroxylation sites is 4. The fourth-order valence-electron chi connectivity index (χ4n) is 11.1. The normalized spacial score (nSPS) is 12.0. The van der Waals surface area contributed by atoms with Crippen LogP contribution < -0.4 is 0 Å². The number of fused-ring (bicyclic) bond motifs is 14. The van der Waals surface area contributed by atoms with Crippen molar-refractivity contribution in [3.63, 3.8) is 0 Å². The quantitative estimate of drug-likeness (QED) is 0.167. The molecular formula is C64H38N4O2. The number of rotatable bonds is 6. The molecule has 0 radical (unpaired) electrons. The van der Waals surface area contributed by atoms with E-state index < -0.39 is 0 Å². The van der Waals surface area contributed by atoms with E-state index in [0.29, 0.717) is 11.4 Å². The summed E-state index contributed by atoms with van der Waals surface area (Å²) in [6, 6.07) is 81.4. The fourth-order valence-corrected chi connectivity index (χ4v) is 11.1. The fraction of sp³-hybridized carbons (Fsp3) is 0. The Kier molecular flexibility index (Phi) is 8.26. The van der Waals surface area contributed by atoms with Gasteiger partial charge in [0.05, 0.1) is 38.5 Å². The van der Waals surface area contributed by atoms with Crippen molar-refractivity contribution < 1.29 is 8.83 Å². The molecule has 0 bridgehead atoms. The van der Waals surface area contributed by atoms with Crippen LogP contribution in [-0.4, -0.2) is 19.1 Å². The standard InChI is InChI=1S/C64H38N4O2/c1-5-19-39(20-6-1)49-37-42(58-63-59(48-29-15-18-32-55(48)69-63)66-64(65-58)41-23-9-3-10-24-41)38-50(40-21-7-2-8-22-40)60(49)68-52-31-17-14-28-47(52)57-54(68)36-34-45-44-33-35-53-56(61(44)70-62(45)57)46-27-13-16-30-51(46)67(53)43-25-11-4-12-26-43/h1-38H. The maximum Gasteiger partial charge on any atom is 0.180 e. The summed E-state index contributed by atoms with van der Waals surface area (Å²) in [4.78, 5) is 10.6. The van der Waals surface area contributed by atoms with Gasteiger partial charge < -0.3 is 18.0 Å². The van der Waals surface area contributed by atoms with Crippen LogP contribution in [0.4, 0.5) is 0 Å². The predicted octanol–water partition coefficient (Wildman–Crippen LogP) is 17.1. The van der Waals surface area contributed by atoms with E-state index >= 15 is 0 Å². The minimum absolute atomic E-state index is 0.639. The number of aromatic nitrogens is 4. The average Bonchev–Trinajstić information content (AvgIpc) is 4.19. The van der Waals surface area contributed by atoms with Crippen LogP contribution in [0.15, 0.2) is 239 Å². The second kappa shape index (κ2) is 15.0. The first-order chi connectivity index (χ1) is 34.7. The molecule has 0 saturated heterocycles. The van der Waals surface area contributed by atoms with Crippen LogP contribution in [0.2, 0.25) is 0 Å². The summed E-state index contributed by atoms with van der Waals surface area (Å²) in [5.41, 5.74) is 17.3. The van der Waals surface area contributed by atoms with Crippen molar-refractivity contribution >= 4 is 87.6 Å². The molecule has 0 unspecified atom stereocenters. The lowest BCUT2D eigenvalue weighted by atomic mass is 9.91. The van der Waals surface area contributed by atoms with Gasteiger partial charge in [-0.2, -0.15) is 0 Å². The number of furan rings is 2. The highest BCUT2D eigenvalue weighted by molar-refractivity contribution is 6.29. The van der Waals surface area contributed by atoms with Gasteiger partial charge in [-0.05, 0) is 83.9 Å². The van der Waals surface area contributed by atoms with Crippen LogP contribution in [0.25, 0.3) is 144 Å². The molecule has 0 N–H and O–H groups in total. The molecule has 0 aliphatic heterocycles. The Morgan fingerprint density at radius 2 is 0.814 bits per heavy atom. The van der Waals surface area contributed by atoms with E-state index in [9.17, 15) is 0 Å². The molecule has 6 nitrogen and oxygen atoms in total. The Bertz CT molecular complexity index is 4510. The van der Waals surface area contributed by atoms with Crippen molar-refractivity contribution in [2.45, 2.75) is 0 Å². The van der Waals surface area contributed by atoms with Crippen LogP contribution in [0.3, 0.4) is 0 Å². The lowest BCUT2D eigenvalue weighted by Crippen LogP contribution is -2.02. The first-order valence-corrected chi connectivity index (χ1v) is 23.7. The van der Waals surface area contributed by atoms with E-state index in [4.69, 9.17) is 18.8 Å². The van der Waals surface area contributed by atoms with E-state index in [1.807, 2.05) is 36.4 Å². The van der Waals surface area contributed by atoms with Gasteiger partial charge in [-0.25, -0.2) is 9.97 Å². The van der Waals surface area contributed by atoms with Crippen LogP contribution >= 0.6 is 0 Å². The van der Waals surface area contributed by atoms with Crippen molar-refractivity contribution in [2.24, 2.45) is 0 Å². The molecule has 15 aromatic rings. The molecule has 0 aliphatic rings. The molecule has 70 heavy (non-hydrogen) atoms. The summed E-state index contributed by atoms with van der Waals surface area (Å²) < 4.78 is 18.9. The maximum atomic E-state index is 7.36. The Morgan fingerprint density at radius 3 is 1.41 bits per heavy atom. The third-order valence-corrected chi connectivity index (χ3v) is 14.1. The summed E-state index contributed by atoms with van der Waals surface area (Å²) >= 11 is 0. The van der Waals surface area contributed by atoms with Gasteiger partial charge in [0.25, 0.3) is 0 Å². The number of hydrogen-bond acceptors (Lipinski definition) is 4. The molecule has 0 aliphatic carbocycles. The zero-order chi connectivity index (χ0) is 45.9. The van der Waals surface area contributed by atoms with Gasteiger partial charge in [-0.3, -0.25) is 0 Å². The average molecular weight is 895 g/mol. The largest absolute Gasteiger partial charge is 0.455 e. The lowest BCUT2D eigenvalue weighted by molar-refractivity contribution is 0.667. The zero-order valence-corrected chi connectivity index (χ0v) is 37.5. The minimum Gasteiger partial charge on any atom is -0.455 e. The van der Waals surface area contributed by atoms with Gasteiger partial charge in [0.15, 0.2) is 11.4 Å². The SMILES string of the molecule is c1ccc(-c2nc(-c3cc(-c4ccccc4)c(-n4c5ccccc5c5c6oc7c(ccc8c7c7ccccc7n8-c7ccccc7)c6ccc54)c(-c4ccccc4)c3)c3oc4ccccc4c3n2)cc1. The van der Waals surface area contributed by atoms with Crippen molar-refractivity contribution in [3.8, 4) is 56.3 Å². The molecule has 5 aromatic heterocycles. The number of nitrogens with zero attached hydrogens (tertiary/aromatic N) is 4. The number of benzene rings is 10. The first kappa shape index (κ1) is 38.6. The lowest BCUT2D eigenvalue weighted by Gasteiger charge is -2.21. The van der Waals surface area contributed by atoms with E-state index in [1.165, 1.54) is 0 Å². The van der Waals surface area contributed by atoms with Crippen molar-refractivity contribution in [3.05, 3.63) is 231 Å². The van der Waals surface area contributed by atoms with Gasteiger partial charge in [-0.15, -0.1) is 0 Å². The van der Waals surface area contributed by atoms with Gasteiger partial charge >= 0.3 is 0 Å². The smallest absolute Gasteiger partial charge is 0.180 e. The summed E-state index contributed by atoms with van der Waals surface area (Å²) in [5.74, 6) is 0.639. The monoisotopic (exact) mass is 894 g/mol. The predicted molar refractivity (Wildman–Crippen MR) is 287 cm³/mol. The molecular weight excluding hydrogens is 857 g/mol. The molecule has 15 rings (SSSR count). The summed E-state index contributed by atoms with van der Waals surface area (Å²) in [5, 5.41) is 7.57. The number of hydrogen-bond donors (Lipinski definition) is 0. The Hall–Kier alpha value is -9.52. The third-order valence-electron chi connectivity index (χ3n) is 14.1. The van der Waals surface area contributed by atoms with Crippen molar-refractivity contribution in [1.29, 1.82) is 0 Å². The van der Waals surface area contributed by atoms with Gasteiger partial charge in [0, 0.05) is 54.9 Å². The van der Waals surface area contributed by atoms with Crippen LogP contribution in [0.5, 0.6) is 0 Å². The Balaban J connectivity index is 1.06. The van der Waals surface area contributed by atoms with E-state index in [0.717, 1.165) is 132 Å².